The molecular formula is C10H20ClNO3S. The van der Waals surface area contributed by atoms with Crippen molar-refractivity contribution < 1.29 is 13.2 Å². The number of hydrogen-bond acceptors (Lipinski definition) is 3. The van der Waals surface area contributed by atoms with Gasteiger partial charge in [0, 0.05) is 32.7 Å². The average molecular weight is 270 g/mol. The van der Waals surface area contributed by atoms with Crippen LogP contribution in [0.25, 0.3) is 0 Å². The smallest absolute Gasteiger partial charge is 0.214 e. The van der Waals surface area contributed by atoms with Gasteiger partial charge in [0.1, 0.15) is 0 Å². The summed E-state index contributed by atoms with van der Waals surface area (Å²) in [5.74, 6) is 1.24. The predicted octanol–water partition coefficient (Wildman–Crippen LogP) is 1.30. The van der Waals surface area contributed by atoms with Crippen LogP contribution in [0.4, 0.5) is 0 Å². The maximum absolute atomic E-state index is 11.9. The molecule has 0 radical (unpaired) electrons. The molecule has 0 N–H and O–H groups in total. The molecule has 0 saturated carbocycles. The fraction of sp³-hybridized carbons (Fsp3) is 1.00. The molecule has 1 heterocycles. The summed E-state index contributed by atoms with van der Waals surface area (Å²) in [6.07, 6.45) is 2.41. The van der Waals surface area contributed by atoms with Gasteiger partial charge in [0.2, 0.25) is 10.0 Å². The Labute approximate surface area is 103 Å². The van der Waals surface area contributed by atoms with Crippen molar-refractivity contribution >= 4 is 21.6 Å². The third-order valence-electron chi connectivity index (χ3n) is 2.91. The van der Waals surface area contributed by atoms with Crippen molar-refractivity contribution in [2.45, 2.75) is 19.3 Å². The van der Waals surface area contributed by atoms with Crippen LogP contribution in [0.5, 0.6) is 0 Å². The molecule has 0 aromatic carbocycles. The molecule has 1 aliphatic rings. The molecule has 0 spiro atoms. The Kier molecular flexibility index (Phi) is 6.03. The van der Waals surface area contributed by atoms with Gasteiger partial charge in [-0.1, -0.05) is 0 Å². The van der Waals surface area contributed by atoms with Crippen molar-refractivity contribution in [2.24, 2.45) is 5.92 Å². The van der Waals surface area contributed by atoms with Gasteiger partial charge in [-0.3, -0.25) is 0 Å². The molecule has 96 valence electrons. The second kappa shape index (κ2) is 6.79. The first kappa shape index (κ1) is 14.2. The van der Waals surface area contributed by atoms with Gasteiger partial charge >= 0.3 is 0 Å². The number of methoxy groups -OCH3 is 1. The van der Waals surface area contributed by atoms with Gasteiger partial charge in [0.25, 0.3) is 0 Å². The fourth-order valence-electron chi connectivity index (χ4n) is 1.95. The molecule has 0 amide bonds. The van der Waals surface area contributed by atoms with Crippen LogP contribution in [-0.2, 0) is 14.8 Å². The molecule has 1 unspecified atom stereocenters. The van der Waals surface area contributed by atoms with Crippen LogP contribution in [0.3, 0.4) is 0 Å². The van der Waals surface area contributed by atoms with Crippen LogP contribution in [0.15, 0.2) is 0 Å². The molecule has 4 nitrogen and oxygen atoms in total. The average Bonchev–Trinajstić information content (AvgIpc) is 2.68. The van der Waals surface area contributed by atoms with Crippen molar-refractivity contribution in [3.63, 3.8) is 0 Å². The highest BCUT2D eigenvalue weighted by molar-refractivity contribution is 7.89. The lowest BCUT2D eigenvalue weighted by atomic mass is 10.1. The van der Waals surface area contributed by atoms with Crippen LogP contribution < -0.4 is 0 Å². The van der Waals surface area contributed by atoms with Crippen LogP contribution >= 0.6 is 11.6 Å². The third kappa shape index (κ3) is 4.20. The standard InChI is InChI=1S/C10H20ClNO3S/c1-15-7-2-8-16(13,14)12-6-4-10(9-12)3-5-11/h10H,2-9H2,1H3. The largest absolute Gasteiger partial charge is 0.385 e. The minimum absolute atomic E-state index is 0.189. The summed E-state index contributed by atoms with van der Waals surface area (Å²) in [7, 11) is -1.49. The maximum Gasteiger partial charge on any atom is 0.214 e. The SMILES string of the molecule is COCCCS(=O)(=O)N1CCC(CCCl)C1. The molecule has 0 aromatic heterocycles. The minimum Gasteiger partial charge on any atom is -0.385 e. The van der Waals surface area contributed by atoms with E-state index in [1.165, 1.54) is 0 Å². The zero-order chi connectivity index (χ0) is 12.0. The quantitative estimate of drug-likeness (QED) is 0.517. The number of alkyl halides is 1. The molecule has 1 fully saturated rings. The lowest BCUT2D eigenvalue weighted by Gasteiger charge is -2.16. The predicted molar refractivity (Wildman–Crippen MR) is 65.3 cm³/mol. The second-order valence-corrected chi connectivity index (χ2v) is 6.62. The number of ether oxygens (including phenoxy) is 1. The summed E-state index contributed by atoms with van der Waals surface area (Å²) in [5.41, 5.74) is 0. The molecule has 1 saturated heterocycles. The highest BCUT2D eigenvalue weighted by atomic mass is 35.5. The van der Waals surface area contributed by atoms with Gasteiger partial charge in [-0.15, -0.1) is 11.6 Å². The van der Waals surface area contributed by atoms with Crippen LogP contribution in [-0.4, -0.2) is 51.2 Å². The number of rotatable bonds is 7. The van der Waals surface area contributed by atoms with E-state index in [1.807, 2.05) is 0 Å². The summed E-state index contributed by atoms with van der Waals surface area (Å²) >= 11 is 5.66. The Morgan fingerprint density at radius 2 is 2.25 bits per heavy atom. The Bertz CT molecular complexity index is 294. The molecule has 16 heavy (non-hydrogen) atoms. The van der Waals surface area contributed by atoms with E-state index in [1.54, 1.807) is 11.4 Å². The molecule has 1 atom stereocenters. The summed E-state index contributed by atoms with van der Waals surface area (Å²) in [4.78, 5) is 0. The molecule has 0 aromatic rings. The van der Waals surface area contributed by atoms with E-state index >= 15 is 0 Å². The number of sulfonamides is 1. The lowest BCUT2D eigenvalue weighted by Crippen LogP contribution is -2.31. The molecule has 0 aliphatic carbocycles. The summed E-state index contributed by atoms with van der Waals surface area (Å²) in [6.45, 7) is 1.79. The topological polar surface area (TPSA) is 46.6 Å². The van der Waals surface area contributed by atoms with E-state index in [4.69, 9.17) is 16.3 Å². The van der Waals surface area contributed by atoms with Crippen LogP contribution in [0, 0.1) is 5.92 Å². The Hall–Kier alpha value is 0.160. The number of hydrogen-bond donors (Lipinski definition) is 0. The summed E-state index contributed by atoms with van der Waals surface area (Å²) in [6, 6.07) is 0. The normalized spacial score (nSPS) is 22.8. The van der Waals surface area contributed by atoms with Gasteiger partial charge < -0.3 is 4.74 Å². The van der Waals surface area contributed by atoms with Gasteiger partial charge in [-0.2, -0.15) is 0 Å². The first-order valence-electron chi connectivity index (χ1n) is 5.63. The van der Waals surface area contributed by atoms with Crippen molar-refractivity contribution in [1.82, 2.24) is 4.31 Å². The van der Waals surface area contributed by atoms with E-state index in [2.05, 4.69) is 0 Å². The number of halogens is 1. The molecule has 0 bridgehead atoms. The van der Waals surface area contributed by atoms with Crippen molar-refractivity contribution in [3.8, 4) is 0 Å². The Morgan fingerprint density at radius 1 is 1.50 bits per heavy atom. The highest BCUT2D eigenvalue weighted by Gasteiger charge is 2.30. The van der Waals surface area contributed by atoms with Gasteiger partial charge in [0.05, 0.1) is 5.75 Å². The van der Waals surface area contributed by atoms with Crippen molar-refractivity contribution in [2.75, 3.05) is 38.4 Å². The van der Waals surface area contributed by atoms with E-state index in [0.717, 1.165) is 12.8 Å². The van der Waals surface area contributed by atoms with E-state index in [0.29, 0.717) is 37.9 Å². The Morgan fingerprint density at radius 3 is 2.88 bits per heavy atom. The second-order valence-electron chi connectivity index (χ2n) is 4.15. The van der Waals surface area contributed by atoms with Crippen LogP contribution in [0.1, 0.15) is 19.3 Å². The van der Waals surface area contributed by atoms with Crippen LogP contribution in [0.2, 0.25) is 0 Å². The van der Waals surface area contributed by atoms with Gasteiger partial charge in [0.15, 0.2) is 0 Å². The van der Waals surface area contributed by atoms with Gasteiger partial charge in [-0.05, 0) is 25.2 Å². The van der Waals surface area contributed by atoms with Crippen molar-refractivity contribution in [3.05, 3.63) is 0 Å². The summed E-state index contributed by atoms with van der Waals surface area (Å²) in [5, 5.41) is 0. The zero-order valence-electron chi connectivity index (χ0n) is 9.69. The van der Waals surface area contributed by atoms with Gasteiger partial charge in [-0.25, -0.2) is 12.7 Å². The Balaban J connectivity index is 2.39. The molecule has 1 aliphatic heterocycles. The molecule has 1 rings (SSSR count). The molecule has 6 heteroatoms. The van der Waals surface area contributed by atoms with Crippen molar-refractivity contribution in [1.29, 1.82) is 0 Å². The van der Waals surface area contributed by atoms with E-state index in [9.17, 15) is 8.42 Å². The highest BCUT2D eigenvalue weighted by Crippen LogP contribution is 2.22. The first-order valence-corrected chi connectivity index (χ1v) is 7.77. The monoisotopic (exact) mass is 269 g/mol. The molecular weight excluding hydrogens is 250 g/mol. The number of nitrogens with zero attached hydrogens (tertiary/aromatic N) is 1. The zero-order valence-corrected chi connectivity index (χ0v) is 11.3. The fourth-order valence-corrected chi connectivity index (χ4v) is 3.83. The van der Waals surface area contributed by atoms with E-state index < -0.39 is 10.0 Å². The maximum atomic E-state index is 11.9. The first-order chi connectivity index (χ1) is 7.60. The third-order valence-corrected chi connectivity index (χ3v) is 5.05. The minimum atomic E-state index is -3.07. The van der Waals surface area contributed by atoms with E-state index in [-0.39, 0.29) is 5.75 Å². The lowest BCUT2D eigenvalue weighted by molar-refractivity contribution is 0.199. The summed E-state index contributed by atoms with van der Waals surface area (Å²) < 4.78 is 30.2.